The molecule has 0 aromatic heterocycles. The van der Waals surface area contributed by atoms with Crippen molar-refractivity contribution in [2.24, 2.45) is 5.92 Å². The van der Waals surface area contributed by atoms with Gasteiger partial charge in [-0.3, -0.25) is 4.79 Å². The number of amides is 3. The molecule has 0 saturated heterocycles. The van der Waals surface area contributed by atoms with Crippen molar-refractivity contribution in [2.45, 2.75) is 26.8 Å². The van der Waals surface area contributed by atoms with Gasteiger partial charge in [0.1, 0.15) is 0 Å². The van der Waals surface area contributed by atoms with Crippen LogP contribution in [-0.4, -0.2) is 29.9 Å². The molecule has 0 aliphatic carbocycles. The summed E-state index contributed by atoms with van der Waals surface area (Å²) in [5.41, 5.74) is 3.49. The fourth-order valence-electron chi connectivity index (χ4n) is 3.03. The average molecular weight is 299 g/mol. The third-order valence-corrected chi connectivity index (χ3v) is 4.02. The molecule has 5 heteroatoms. The van der Waals surface area contributed by atoms with Gasteiger partial charge in [-0.2, -0.15) is 0 Å². The summed E-state index contributed by atoms with van der Waals surface area (Å²) in [6.07, 6.45) is 0. The molecule has 22 heavy (non-hydrogen) atoms. The predicted octanol–water partition coefficient (Wildman–Crippen LogP) is 2.10. The van der Waals surface area contributed by atoms with E-state index in [0.29, 0.717) is 24.6 Å². The Labute approximate surface area is 130 Å². The lowest BCUT2D eigenvalue weighted by Crippen LogP contribution is -2.44. The Balaban J connectivity index is 1.94. The Hall–Kier alpha value is -2.30. The van der Waals surface area contributed by atoms with Gasteiger partial charge in [-0.1, -0.05) is 43.7 Å². The van der Waals surface area contributed by atoms with Crippen molar-refractivity contribution in [1.82, 2.24) is 15.5 Å². The Morgan fingerprint density at radius 3 is 2.55 bits per heavy atom. The minimum atomic E-state index is -0.367. The number of hydrogen-bond acceptors (Lipinski definition) is 2. The van der Waals surface area contributed by atoms with E-state index >= 15 is 0 Å². The van der Waals surface area contributed by atoms with E-state index in [0.717, 1.165) is 16.8 Å². The number of carbonyl (C=O) groups excluding carboxylic acids is 2. The highest BCUT2D eigenvalue weighted by Crippen LogP contribution is 2.32. The Morgan fingerprint density at radius 1 is 1.23 bits per heavy atom. The summed E-state index contributed by atoms with van der Waals surface area (Å²) < 4.78 is 0. The lowest BCUT2D eigenvalue weighted by atomic mass is 9.95. The molecule has 3 rings (SSSR count). The highest BCUT2D eigenvalue weighted by atomic mass is 16.2. The van der Waals surface area contributed by atoms with Crippen molar-refractivity contribution in [3.8, 4) is 0 Å². The van der Waals surface area contributed by atoms with Crippen molar-refractivity contribution < 1.29 is 9.59 Å². The highest BCUT2D eigenvalue weighted by Gasteiger charge is 2.40. The van der Waals surface area contributed by atoms with Gasteiger partial charge in [0, 0.05) is 6.54 Å². The molecule has 0 saturated carbocycles. The van der Waals surface area contributed by atoms with Crippen LogP contribution in [0, 0.1) is 12.8 Å². The molecule has 2 aliphatic rings. The molecule has 1 aromatic rings. The molecular weight excluding hydrogens is 278 g/mol. The number of nitrogens with zero attached hydrogens (tertiary/aromatic N) is 1. The number of urea groups is 1. The third-order valence-electron chi connectivity index (χ3n) is 4.02. The fourth-order valence-corrected chi connectivity index (χ4v) is 3.03. The summed E-state index contributed by atoms with van der Waals surface area (Å²) in [5.74, 6) is 0.411. The predicted molar refractivity (Wildman–Crippen MR) is 84.0 cm³/mol. The zero-order chi connectivity index (χ0) is 15.9. The van der Waals surface area contributed by atoms with Gasteiger partial charge in [-0.15, -0.1) is 0 Å². The van der Waals surface area contributed by atoms with Crippen molar-refractivity contribution >= 4 is 11.9 Å². The quantitative estimate of drug-likeness (QED) is 0.898. The minimum Gasteiger partial charge on any atom is -0.333 e. The zero-order valence-electron chi connectivity index (χ0n) is 13.1. The van der Waals surface area contributed by atoms with E-state index in [1.165, 1.54) is 0 Å². The molecule has 2 N–H and O–H groups in total. The maximum Gasteiger partial charge on any atom is 0.319 e. The fraction of sp³-hybridized carbons (Fsp3) is 0.412. The number of aryl methyl sites for hydroxylation is 1. The van der Waals surface area contributed by atoms with Crippen LogP contribution in [0.4, 0.5) is 4.79 Å². The lowest BCUT2D eigenvalue weighted by Gasteiger charge is -2.25. The summed E-state index contributed by atoms with van der Waals surface area (Å²) in [7, 11) is 0. The number of carbonyl (C=O) groups is 2. The molecule has 5 nitrogen and oxygen atoms in total. The monoisotopic (exact) mass is 299 g/mol. The van der Waals surface area contributed by atoms with Gasteiger partial charge < -0.3 is 15.5 Å². The highest BCUT2D eigenvalue weighted by molar-refractivity contribution is 6.01. The second-order valence-corrected chi connectivity index (χ2v) is 6.41. The van der Waals surface area contributed by atoms with E-state index in [9.17, 15) is 9.59 Å². The molecule has 0 fully saturated rings. The van der Waals surface area contributed by atoms with Gasteiger partial charge >= 0.3 is 6.03 Å². The van der Waals surface area contributed by atoms with Crippen LogP contribution in [0.1, 0.15) is 31.0 Å². The minimum absolute atomic E-state index is 0.0155. The summed E-state index contributed by atoms with van der Waals surface area (Å²) in [6, 6.07) is 7.31. The molecule has 2 heterocycles. The van der Waals surface area contributed by atoms with Gasteiger partial charge in [0.15, 0.2) is 0 Å². The second-order valence-electron chi connectivity index (χ2n) is 6.41. The van der Waals surface area contributed by atoms with E-state index in [2.05, 4.69) is 24.5 Å². The number of hydrogen-bond donors (Lipinski definition) is 2. The average Bonchev–Trinajstić information content (AvgIpc) is 2.74. The molecule has 0 radical (unpaired) electrons. The van der Waals surface area contributed by atoms with Crippen LogP contribution in [0.3, 0.4) is 0 Å². The maximum atomic E-state index is 12.7. The van der Waals surface area contributed by atoms with Crippen LogP contribution in [0.15, 0.2) is 35.5 Å². The summed E-state index contributed by atoms with van der Waals surface area (Å²) >= 11 is 0. The first-order chi connectivity index (χ1) is 10.5. The Kier molecular flexibility index (Phi) is 3.64. The largest absolute Gasteiger partial charge is 0.333 e. The molecule has 2 aliphatic heterocycles. The van der Waals surface area contributed by atoms with E-state index < -0.39 is 0 Å². The van der Waals surface area contributed by atoms with Gasteiger partial charge in [0.05, 0.1) is 23.9 Å². The smallest absolute Gasteiger partial charge is 0.319 e. The number of rotatable bonds is 3. The van der Waals surface area contributed by atoms with Crippen molar-refractivity contribution in [1.29, 1.82) is 0 Å². The van der Waals surface area contributed by atoms with Crippen LogP contribution in [0.5, 0.6) is 0 Å². The van der Waals surface area contributed by atoms with Gasteiger partial charge in [0.2, 0.25) is 0 Å². The van der Waals surface area contributed by atoms with Crippen molar-refractivity contribution in [3.63, 3.8) is 0 Å². The number of nitrogens with one attached hydrogen (secondary N) is 2. The Bertz CT molecular complexity index is 646. The van der Waals surface area contributed by atoms with Crippen LogP contribution < -0.4 is 10.6 Å². The van der Waals surface area contributed by atoms with E-state index in [1.54, 1.807) is 0 Å². The third kappa shape index (κ3) is 2.58. The van der Waals surface area contributed by atoms with Crippen LogP contribution in [-0.2, 0) is 4.79 Å². The van der Waals surface area contributed by atoms with Crippen molar-refractivity contribution in [3.05, 3.63) is 46.7 Å². The van der Waals surface area contributed by atoms with Crippen molar-refractivity contribution in [2.75, 3.05) is 13.1 Å². The molecule has 116 valence electrons. The number of benzene rings is 1. The molecule has 1 atom stereocenters. The van der Waals surface area contributed by atoms with E-state index in [4.69, 9.17) is 0 Å². The molecule has 3 amide bonds. The standard InChI is InChI=1S/C17H21N3O2/c1-10(2)8-20-9-13-14(16(20)21)15(19-17(22)18-13)12-6-4-11(3)5-7-12/h4-7,10,15H,8-9H2,1-3H3,(H2,18,19,22)/t15-/m1/s1. The lowest BCUT2D eigenvalue weighted by molar-refractivity contribution is -0.126. The zero-order valence-corrected chi connectivity index (χ0v) is 13.1. The summed E-state index contributed by atoms with van der Waals surface area (Å²) in [4.78, 5) is 26.4. The first-order valence-electron chi connectivity index (χ1n) is 7.62. The van der Waals surface area contributed by atoms with Gasteiger partial charge in [-0.05, 0) is 18.4 Å². The normalized spacial score (nSPS) is 21.1. The first kappa shape index (κ1) is 14.6. The van der Waals surface area contributed by atoms with Crippen LogP contribution in [0.25, 0.3) is 0 Å². The maximum absolute atomic E-state index is 12.7. The molecule has 0 bridgehead atoms. The van der Waals surface area contributed by atoms with E-state index in [-0.39, 0.29) is 18.0 Å². The summed E-state index contributed by atoms with van der Waals surface area (Å²) in [6.45, 7) is 7.36. The van der Waals surface area contributed by atoms with E-state index in [1.807, 2.05) is 36.1 Å². The topological polar surface area (TPSA) is 61.4 Å². The molecule has 0 spiro atoms. The second kappa shape index (κ2) is 5.48. The SMILES string of the molecule is Cc1ccc([C@H]2NC(=O)NC3=C2C(=O)N(CC(C)C)C3)cc1. The van der Waals surface area contributed by atoms with Gasteiger partial charge in [-0.25, -0.2) is 4.79 Å². The van der Waals surface area contributed by atoms with Gasteiger partial charge in [0.25, 0.3) is 5.91 Å². The molecule has 1 aromatic carbocycles. The first-order valence-corrected chi connectivity index (χ1v) is 7.62. The van der Waals surface area contributed by atoms with Crippen LogP contribution in [0.2, 0.25) is 0 Å². The summed E-state index contributed by atoms with van der Waals surface area (Å²) in [5, 5.41) is 5.66. The Morgan fingerprint density at radius 2 is 1.91 bits per heavy atom. The van der Waals surface area contributed by atoms with Crippen LogP contribution >= 0.6 is 0 Å². The molecule has 0 unspecified atom stereocenters. The molecular formula is C17H21N3O2.